The number of carbonyl (C=O) groups is 2. The molecule has 0 spiro atoms. The summed E-state index contributed by atoms with van der Waals surface area (Å²) in [4.78, 5) is 35.3. The highest BCUT2D eigenvalue weighted by Crippen LogP contribution is 2.53. The summed E-state index contributed by atoms with van der Waals surface area (Å²) in [7, 11) is 1.50. The summed E-state index contributed by atoms with van der Waals surface area (Å²) in [6.07, 6.45) is 1.04. The molecule has 3 aliphatic rings. The highest BCUT2D eigenvalue weighted by molar-refractivity contribution is 6.07. The van der Waals surface area contributed by atoms with Crippen molar-refractivity contribution in [3.8, 4) is 0 Å². The van der Waals surface area contributed by atoms with Gasteiger partial charge < -0.3 is 0 Å². The third kappa shape index (κ3) is 1.43. The molecule has 0 N–H and O–H groups in total. The topological polar surface area (TPSA) is 80.5 Å². The van der Waals surface area contributed by atoms with E-state index in [0.29, 0.717) is 12.8 Å². The van der Waals surface area contributed by atoms with Crippen molar-refractivity contribution in [1.82, 2.24) is 4.90 Å². The van der Waals surface area contributed by atoms with Gasteiger partial charge in [-0.15, -0.1) is 0 Å². The fourth-order valence-corrected chi connectivity index (χ4v) is 3.09. The van der Waals surface area contributed by atoms with Crippen LogP contribution in [0.4, 0.5) is 5.69 Å². The van der Waals surface area contributed by atoms with Gasteiger partial charge >= 0.3 is 0 Å². The predicted molar refractivity (Wildman–Crippen MR) is 65.3 cm³/mol. The van der Waals surface area contributed by atoms with Crippen LogP contribution in [0.15, 0.2) is 24.3 Å². The second-order valence-corrected chi connectivity index (χ2v) is 5.19. The van der Waals surface area contributed by atoms with Gasteiger partial charge in [-0.2, -0.15) is 0 Å². The van der Waals surface area contributed by atoms with Crippen LogP contribution in [-0.2, 0) is 15.0 Å². The lowest BCUT2D eigenvalue weighted by Crippen LogP contribution is -2.64. The number of benzene rings is 1. The second kappa shape index (κ2) is 3.63. The SMILES string of the molecule is CN1C(=O)C2CC(c3ccc([N+](=O)[O-])cc3)(C2)C1=O. The maximum atomic E-state index is 12.3. The molecule has 2 aliphatic heterocycles. The van der Waals surface area contributed by atoms with Crippen LogP contribution in [0, 0.1) is 16.0 Å². The first-order chi connectivity index (χ1) is 8.95. The minimum absolute atomic E-state index is 0.00344. The van der Waals surface area contributed by atoms with E-state index in [-0.39, 0.29) is 23.4 Å². The number of rotatable bonds is 2. The van der Waals surface area contributed by atoms with E-state index in [1.54, 1.807) is 12.1 Å². The van der Waals surface area contributed by atoms with Crippen LogP contribution < -0.4 is 0 Å². The summed E-state index contributed by atoms with van der Waals surface area (Å²) in [5.74, 6) is -0.402. The van der Waals surface area contributed by atoms with Gasteiger partial charge in [0.05, 0.1) is 10.3 Å². The first-order valence-electron chi connectivity index (χ1n) is 6.03. The molecular formula is C13H12N2O4. The zero-order valence-corrected chi connectivity index (χ0v) is 10.3. The summed E-state index contributed by atoms with van der Waals surface area (Å²) in [6.45, 7) is 0. The average Bonchev–Trinajstić information content (AvgIpc) is 2.35. The van der Waals surface area contributed by atoms with E-state index in [1.165, 1.54) is 24.1 Å². The molecule has 6 nitrogen and oxygen atoms in total. The predicted octanol–water partition coefficient (Wildman–Crippen LogP) is 1.24. The smallest absolute Gasteiger partial charge is 0.269 e. The largest absolute Gasteiger partial charge is 0.285 e. The Kier molecular flexibility index (Phi) is 2.26. The maximum absolute atomic E-state index is 12.3. The fraction of sp³-hybridized carbons (Fsp3) is 0.385. The molecule has 2 amide bonds. The van der Waals surface area contributed by atoms with Crippen molar-refractivity contribution in [3.05, 3.63) is 39.9 Å². The molecule has 0 unspecified atom stereocenters. The van der Waals surface area contributed by atoms with Crippen LogP contribution in [0.1, 0.15) is 18.4 Å². The number of carbonyl (C=O) groups excluding carboxylic acids is 2. The first-order valence-corrected chi connectivity index (χ1v) is 6.03. The molecule has 6 heteroatoms. The number of fused-ring (bicyclic) bond motifs is 2. The normalized spacial score (nSPS) is 29.1. The van der Waals surface area contributed by atoms with E-state index in [9.17, 15) is 19.7 Å². The molecule has 4 rings (SSSR count). The number of piperidine rings is 2. The van der Waals surface area contributed by atoms with Gasteiger partial charge in [-0.3, -0.25) is 24.6 Å². The van der Waals surface area contributed by atoms with Crippen LogP contribution in [0.2, 0.25) is 0 Å². The number of hydrogen-bond acceptors (Lipinski definition) is 4. The van der Waals surface area contributed by atoms with Crippen molar-refractivity contribution in [3.63, 3.8) is 0 Å². The molecule has 0 atom stereocenters. The van der Waals surface area contributed by atoms with Crippen LogP contribution >= 0.6 is 0 Å². The zero-order chi connectivity index (χ0) is 13.8. The molecule has 1 aromatic rings. The minimum atomic E-state index is -0.650. The molecule has 19 heavy (non-hydrogen) atoms. The Morgan fingerprint density at radius 3 is 2.37 bits per heavy atom. The van der Waals surface area contributed by atoms with Gasteiger partial charge in [-0.25, -0.2) is 0 Å². The summed E-state index contributed by atoms with van der Waals surface area (Å²) < 4.78 is 0. The van der Waals surface area contributed by atoms with Gasteiger partial charge in [0.15, 0.2) is 0 Å². The third-order valence-electron chi connectivity index (χ3n) is 4.21. The summed E-state index contributed by atoms with van der Waals surface area (Å²) in [5, 5.41) is 10.6. The van der Waals surface area contributed by atoms with Crippen molar-refractivity contribution < 1.29 is 14.5 Å². The Balaban J connectivity index is 1.97. The monoisotopic (exact) mass is 260 g/mol. The summed E-state index contributed by atoms with van der Waals surface area (Å²) >= 11 is 0. The summed E-state index contributed by atoms with van der Waals surface area (Å²) in [5.41, 5.74) is 0.116. The number of nitro benzene ring substituents is 1. The number of hydrogen-bond donors (Lipinski definition) is 0. The molecule has 1 aliphatic carbocycles. The Morgan fingerprint density at radius 2 is 1.84 bits per heavy atom. The van der Waals surface area contributed by atoms with Crippen LogP contribution in [0.25, 0.3) is 0 Å². The Labute approximate surface area is 109 Å². The van der Waals surface area contributed by atoms with Gasteiger partial charge in [-0.1, -0.05) is 12.1 Å². The van der Waals surface area contributed by atoms with Gasteiger partial charge in [0.25, 0.3) is 5.69 Å². The Morgan fingerprint density at radius 1 is 1.26 bits per heavy atom. The molecule has 98 valence electrons. The molecule has 0 aromatic heterocycles. The van der Waals surface area contributed by atoms with E-state index in [0.717, 1.165) is 5.56 Å². The highest BCUT2D eigenvalue weighted by Gasteiger charge is 2.60. The van der Waals surface area contributed by atoms with Gasteiger partial charge in [0, 0.05) is 25.1 Å². The van der Waals surface area contributed by atoms with E-state index >= 15 is 0 Å². The molecule has 2 saturated heterocycles. The lowest BCUT2D eigenvalue weighted by molar-refractivity contribution is -0.384. The molecular weight excluding hydrogens is 248 g/mol. The van der Waals surface area contributed by atoms with E-state index < -0.39 is 10.3 Å². The number of amides is 2. The zero-order valence-electron chi connectivity index (χ0n) is 10.3. The minimum Gasteiger partial charge on any atom is -0.285 e. The maximum Gasteiger partial charge on any atom is 0.269 e. The molecule has 3 fully saturated rings. The van der Waals surface area contributed by atoms with Gasteiger partial charge in [0.1, 0.15) is 0 Å². The van der Waals surface area contributed by atoms with Crippen LogP contribution in [0.5, 0.6) is 0 Å². The molecule has 2 bridgehead atoms. The number of nitro groups is 1. The number of nitrogens with zero attached hydrogens (tertiary/aromatic N) is 2. The lowest BCUT2D eigenvalue weighted by Gasteiger charge is -2.52. The highest BCUT2D eigenvalue weighted by atomic mass is 16.6. The van der Waals surface area contributed by atoms with E-state index in [1.807, 2.05) is 0 Å². The standard InChI is InChI=1S/C13H12N2O4/c1-14-11(16)8-6-13(7-8,12(14)17)9-2-4-10(5-3-9)15(18)19/h2-5,8H,6-7H2,1H3. The second-order valence-electron chi connectivity index (χ2n) is 5.19. The van der Waals surface area contributed by atoms with Gasteiger partial charge in [0.2, 0.25) is 11.8 Å². The number of likely N-dealkylation sites (N-methyl/N-ethyl adjacent to an activating group) is 1. The van der Waals surface area contributed by atoms with Crippen molar-refractivity contribution in [2.75, 3.05) is 7.05 Å². The molecule has 2 heterocycles. The Bertz CT molecular complexity index is 587. The Hall–Kier alpha value is -2.24. The van der Waals surface area contributed by atoms with Crippen LogP contribution in [0.3, 0.4) is 0 Å². The summed E-state index contributed by atoms with van der Waals surface area (Å²) in [6, 6.07) is 6.05. The molecule has 1 aromatic carbocycles. The average molecular weight is 260 g/mol. The number of imide groups is 1. The van der Waals surface area contributed by atoms with Crippen molar-refractivity contribution in [2.45, 2.75) is 18.3 Å². The van der Waals surface area contributed by atoms with Crippen molar-refractivity contribution >= 4 is 17.5 Å². The van der Waals surface area contributed by atoms with E-state index in [4.69, 9.17) is 0 Å². The first kappa shape index (κ1) is 11.8. The third-order valence-corrected chi connectivity index (χ3v) is 4.21. The lowest BCUT2D eigenvalue weighted by atomic mass is 9.55. The van der Waals surface area contributed by atoms with Gasteiger partial charge in [-0.05, 0) is 18.4 Å². The number of non-ortho nitro benzene ring substituents is 1. The fourth-order valence-electron chi connectivity index (χ4n) is 3.09. The van der Waals surface area contributed by atoms with Crippen LogP contribution in [-0.4, -0.2) is 28.7 Å². The van der Waals surface area contributed by atoms with Crippen molar-refractivity contribution in [2.24, 2.45) is 5.92 Å². The molecule has 0 radical (unpaired) electrons. The van der Waals surface area contributed by atoms with Crippen molar-refractivity contribution in [1.29, 1.82) is 0 Å². The van der Waals surface area contributed by atoms with E-state index in [2.05, 4.69) is 0 Å². The quantitative estimate of drug-likeness (QED) is 0.455. The molecule has 1 saturated carbocycles.